The summed E-state index contributed by atoms with van der Waals surface area (Å²) in [5, 5.41) is 3.17. The molecular weight excluding hydrogens is 259 g/mol. The first-order chi connectivity index (χ1) is 8.87. The molecule has 0 radical (unpaired) electrons. The number of hydrogen-bond donors (Lipinski definition) is 1. The summed E-state index contributed by atoms with van der Waals surface area (Å²) >= 11 is 0. The minimum Gasteiger partial charge on any atom is -0.477 e. The molecule has 1 rings (SSSR count). The molecule has 0 aliphatic rings. The molecule has 7 heteroatoms. The molecule has 1 aromatic rings. The zero-order valence-corrected chi connectivity index (χ0v) is 11.0. The summed E-state index contributed by atoms with van der Waals surface area (Å²) in [5.41, 5.74) is 0.696. The minimum absolute atomic E-state index is 0.0186. The van der Waals surface area contributed by atoms with Crippen molar-refractivity contribution in [3.05, 3.63) is 18.1 Å². The fraction of sp³-hybridized carbons (Fsp3) is 0.667. The van der Waals surface area contributed by atoms with Crippen LogP contribution in [0.15, 0.2) is 12.4 Å². The predicted molar refractivity (Wildman–Crippen MR) is 64.8 cm³/mol. The van der Waals surface area contributed by atoms with Crippen molar-refractivity contribution in [2.45, 2.75) is 45.5 Å². The summed E-state index contributed by atoms with van der Waals surface area (Å²) in [6, 6.07) is 0.318. The number of alkyl halides is 3. The largest absolute Gasteiger partial charge is 0.477 e. The first-order valence-corrected chi connectivity index (χ1v) is 6.10. The number of ether oxygens (including phenoxy) is 1. The van der Waals surface area contributed by atoms with Crippen molar-refractivity contribution in [2.24, 2.45) is 0 Å². The molecule has 1 N–H and O–H groups in total. The van der Waals surface area contributed by atoms with Gasteiger partial charge in [0.2, 0.25) is 5.88 Å². The van der Waals surface area contributed by atoms with Crippen LogP contribution in [0.2, 0.25) is 0 Å². The van der Waals surface area contributed by atoms with Crippen LogP contribution in [0.5, 0.6) is 5.88 Å². The lowest BCUT2D eigenvalue weighted by Gasteiger charge is -2.09. The average molecular weight is 277 g/mol. The van der Waals surface area contributed by atoms with Crippen LogP contribution in [0.3, 0.4) is 0 Å². The molecule has 1 heterocycles. The van der Waals surface area contributed by atoms with Crippen LogP contribution < -0.4 is 10.1 Å². The normalized spacial score (nSPS) is 11.9. The topological polar surface area (TPSA) is 47.0 Å². The zero-order chi connectivity index (χ0) is 14.3. The van der Waals surface area contributed by atoms with Crippen molar-refractivity contribution in [1.82, 2.24) is 15.3 Å². The van der Waals surface area contributed by atoms with E-state index < -0.39 is 12.6 Å². The Morgan fingerprint density at radius 2 is 2.05 bits per heavy atom. The molecule has 0 aliphatic carbocycles. The molecule has 0 bridgehead atoms. The second-order valence-corrected chi connectivity index (χ2v) is 4.45. The van der Waals surface area contributed by atoms with Gasteiger partial charge in [-0.15, -0.1) is 0 Å². The van der Waals surface area contributed by atoms with Crippen molar-refractivity contribution in [3.63, 3.8) is 0 Å². The number of aromatic nitrogens is 2. The number of halogens is 3. The van der Waals surface area contributed by atoms with Gasteiger partial charge in [-0.25, -0.2) is 4.98 Å². The van der Waals surface area contributed by atoms with Gasteiger partial charge in [0.25, 0.3) is 0 Å². The molecule has 108 valence electrons. The van der Waals surface area contributed by atoms with E-state index in [2.05, 4.69) is 15.3 Å². The van der Waals surface area contributed by atoms with Gasteiger partial charge in [0, 0.05) is 25.2 Å². The van der Waals surface area contributed by atoms with Gasteiger partial charge in [0.05, 0.1) is 18.5 Å². The van der Waals surface area contributed by atoms with Gasteiger partial charge in [-0.2, -0.15) is 13.2 Å². The van der Waals surface area contributed by atoms with Gasteiger partial charge in [-0.1, -0.05) is 13.8 Å². The van der Waals surface area contributed by atoms with Crippen LogP contribution in [-0.2, 0) is 6.54 Å². The van der Waals surface area contributed by atoms with Crippen molar-refractivity contribution in [3.8, 4) is 5.88 Å². The maximum Gasteiger partial charge on any atom is 0.389 e. The molecule has 0 amide bonds. The lowest BCUT2D eigenvalue weighted by Crippen LogP contribution is -2.22. The fourth-order valence-corrected chi connectivity index (χ4v) is 1.30. The van der Waals surface area contributed by atoms with Crippen molar-refractivity contribution in [2.75, 3.05) is 6.61 Å². The number of rotatable bonds is 7. The first kappa shape index (κ1) is 15.7. The Kier molecular flexibility index (Phi) is 6.01. The van der Waals surface area contributed by atoms with Gasteiger partial charge >= 0.3 is 6.18 Å². The molecule has 4 nitrogen and oxygen atoms in total. The summed E-state index contributed by atoms with van der Waals surface area (Å²) in [6.45, 7) is 4.54. The molecule has 0 saturated carbocycles. The van der Waals surface area contributed by atoms with E-state index >= 15 is 0 Å². The van der Waals surface area contributed by atoms with Crippen molar-refractivity contribution < 1.29 is 17.9 Å². The molecule has 0 fully saturated rings. The summed E-state index contributed by atoms with van der Waals surface area (Å²) in [6.07, 6.45) is -2.09. The molecule has 0 aliphatic heterocycles. The Morgan fingerprint density at radius 1 is 1.32 bits per heavy atom. The quantitative estimate of drug-likeness (QED) is 0.778. The molecule has 19 heavy (non-hydrogen) atoms. The van der Waals surface area contributed by atoms with E-state index in [1.165, 1.54) is 6.20 Å². The Bertz CT molecular complexity index is 383. The van der Waals surface area contributed by atoms with E-state index in [-0.39, 0.29) is 18.9 Å². The highest BCUT2D eigenvalue weighted by atomic mass is 19.4. The lowest BCUT2D eigenvalue weighted by molar-refractivity contribution is -0.136. The van der Waals surface area contributed by atoms with E-state index in [0.717, 1.165) is 0 Å². The maximum atomic E-state index is 11.9. The van der Waals surface area contributed by atoms with Crippen LogP contribution in [-0.4, -0.2) is 28.8 Å². The second-order valence-electron chi connectivity index (χ2n) is 4.45. The molecule has 0 unspecified atom stereocenters. The van der Waals surface area contributed by atoms with Crippen LogP contribution in [0.4, 0.5) is 13.2 Å². The third kappa shape index (κ3) is 7.61. The van der Waals surface area contributed by atoms with Gasteiger partial charge in [0.1, 0.15) is 0 Å². The average Bonchev–Trinajstić information content (AvgIpc) is 2.32. The van der Waals surface area contributed by atoms with Gasteiger partial charge in [-0.3, -0.25) is 4.98 Å². The van der Waals surface area contributed by atoms with Gasteiger partial charge in [0.15, 0.2) is 0 Å². The Balaban J connectivity index is 2.35. The highest BCUT2D eigenvalue weighted by Gasteiger charge is 2.26. The predicted octanol–water partition coefficient (Wildman–Crippen LogP) is 2.70. The van der Waals surface area contributed by atoms with Gasteiger partial charge < -0.3 is 10.1 Å². The molecule has 0 atom stereocenters. The molecule has 0 spiro atoms. The SMILES string of the molecule is CC(C)NCc1cncc(OCCCC(F)(F)F)n1. The molecule has 0 saturated heterocycles. The monoisotopic (exact) mass is 277 g/mol. The smallest absolute Gasteiger partial charge is 0.389 e. The third-order valence-electron chi connectivity index (χ3n) is 2.21. The maximum absolute atomic E-state index is 11.9. The van der Waals surface area contributed by atoms with Crippen molar-refractivity contribution in [1.29, 1.82) is 0 Å². The number of nitrogens with zero attached hydrogens (tertiary/aromatic N) is 2. The van der Waals surface area contributed by atoms with Crippen LogP contribution in [0.1, 0.15) is 32.4 Å². The van der Waals surface area contributed by atoms with Crippen LogP contribution in [0.25, 0.3) is 0 Å². The Labute approximate surface area is 110 Å². The van der Waals surface area contributed by atoms with E-state index in [1.807, 2.05) is 13.8 Å². The first-order valence-electron chi connectivity index (χ1n) is 6.10. The van der Waals surface area contributed by atoms with E-state index in [1.54, 1.807) is 6.20 Å². The lowest BCUT2D eigenvalue weighted by atomic mass is 10.3. The minimum atomic E-state index is -4.14. The summed E-state index contributed by atoms with van der Waals surface area (Å²) in [4.78, 5) is 8.09. The summed E-state index contributed by atoms with van der Waals surface area (Å²) < 4.78 is 40.9. The third-order valence-corrected chi connectivity index (χ3v) is 2.21. The molecule has 0 aromatic carbocycles. The summed E-state index contributed by atoms with van der Waals surface area (Å²) in [5.74, 6) is 0.255. The van der Waals surface area contributed by atoms with Crippen LogP contribution in [0, 0.1) is 0 Å². The number of nitrogens with one attached hydrogen (secondary N) is 1. The molecule has 1 aromatic heterocycles. The van der Waals surface area contributed by atoms with E-state index in [0.29, 0.717) is 18.3 Å². The van der Waals surface area contributed by atoms with Crippen molar-refractivity contribution >= 4 is 0 Å². The Hall–Kier alpha value is -1.37. The fourth-order valence-electron chi connectivity index (χ4n) is 1.30. The van der Waals surface area contributed by atoms with E-state index in [4.69, 9.17) is 4.74 Å². The van der Waals surface area contributed by atoms with E-state index in [9.17, 15) is 13.2 Å². The highest BCUT2D eigenvalue weighted by molar-refractivity contribution is 5.08. The zero-order valence-electron chi connectivity index (χ0n) is 11.0. The molecular formula is C12H18F3N3O. The standard InChI is InChI=1S/C12H18F3N3O/c1-9(2)17-7-10-6-16-8-11(18-10)19-5-3-4-12(13,14)15/h6,8-9,17H,3-5,7H2,1-2H3. The second kappa shape index (κ2) is 7.28. The van der Waals surface area contributed by atoms with Crippen LogP contribution >= 0.6 is 0 Å². The summed E-state index contributed by atoms with van der Waals surface area (Å²) in [7, 11) is 0. The highest BCUT2D eigenvalue weighted by Crippen LogP contribution is 2.21. The Morgan fingerprint density at radius 3 is 2.68 bits per heavy atom. The van der Waals surface area contributed by atoms with Gasteiger partial charge in [-0.05, 0) is 6.42 Å². The number of hydrogen-bond acceptors (Lipinski definition) is 4.